The molecular weight excluding hydrogens is 251 g/mol. The van der Waals surface area contributed by atoms with E-state index in [0.29, 0.717) is 12.0 Å². The number of alkyl halides is 1. The van der Waals surface area contributed by atoms with Crippen LogP contribution >= 0.6 is 11.6 Å². The molecule has 0 spiro atoms. The highest BCUT2D eigenvalue weighted by Gasteiger charge is 2.15. The van der Waals surface area contributed by atoms with Crippen LogP contribution in [0.3, 0.4) is 0 Å². The quantitative estimate of drug-likeness (QED) is 0.746. The van der Waals surface area contributed by atoms with Crippen molar-refractivity contribution in [1.82, 2.24) is 0 Å². The van der Waals surface area contributed by atoms with Gasteiger partial charge in [0, 0.05) is 5.56 Å². The number of rotatable bonds is 4. The zero-order chi connectivity index (χ0) is 13.0. The minimum absolute atomic E-state index is 0.224. The van der Waals surface area contributed by atoms with Gasteiger partial charge in [-0.25, -0.2) is 4.39 Å². The second kappa shape index (κ2) is 5.87. The van der Waals surface area contributed by atoms with Crippen molar-refractivity contribution in [2.24, 2.45) is 0 Å². The average molecular weight is 265 g/mol. The van der Waals surface area contributed by atoms with Gasteiger partial charge in [0.1, 0.15) is 11.6 Å². The smallest absolute Gasteiger partial charge is 0.126 e. The summed E-state index contributed by atoms with van der Waals surface area (Å²) in [5.74, 6) is 0.506. The summed E-state index contributed by atoms with van der Waals surface area (Å²) in [7, 11) is 1.60. The van der Waals surface area contributed by atoms with Crippen molar-refractivity contribution in [3.05, 3.63) is 65.5 Å². The Hall–Kier alpha value is -1.54. The summed E-state index contributed by atoms with van der Waals surface area (Å²) in [6.45, 7) is 0. The van der Waals surface area contributed by atoms with Crippen molar-refractivity contribution in [2.45, 2.75) is 11.8 Å². The number of hydrogen-bond acceptors (Lipinski definition) is 1. The second-order valence-electron chi connectivity index (χ2n) is 4.01. The molecule has 0 amide bonds. The third-order valence-corrected chi connectivity index (χ3v) is 3.22. The lowest BCUT2D eigenvalue weighted by Gasteiger charge is -2.14. The topological polar surface area (TPSA) is 9.23 Å². The highest BCUT2D eigenvalue weighted by atomic mass is 35.5. The van der Waals surface area contributed by atoms with Crippen molar-refractivity contribution in [2.75, 3.05) is 7.11 Å². The molecule has 0 bridgehead atoms. The highest BCUT2D eigenvalue weighted by Crippen LogP contribution is 2.32. The summed E-state index contributed by atoms with van der Waals surface area (Å²) in [4.78, 5) is 0. The molecular formula is C15H14ClFO. The molecule has 0 heterocycles. The van der Waals surface area contributed by atoms with Gasteiger partial charge in [-0.3, -0.25) is 0 Å². The summed E-state index contributed by atoms with van der Waals surface area (Å²) in [6, 6.07) is 14.2. The van der Waals surface area contributed by atoms with Gasteiger partial charge in [-0.05, 0) is 24.1 Å². The summed E-state index contributed by atoms with van der Waals surface area (Å²) >= 11 is 6.35. The van der Waals surface area contributed by atoms with Gasteiger partial charge in [0.2, 0.25) is 0 Å². The van der Waals surface area contributed by atoms with E-state index in [2.05, 4.69) is 0 Å². The number of ether oxygens (including phenoxy) is 1. The van der Waals surface area contributed by atoms with Crippen LogP contribution in [0.15, 0.2) is 48.5 Å². The summed E-state index contributed by atoms with van der Waals surface area (Å²) in [5.41, 5.74) is 1.49. The van der Waals surface area contributed by atoms with Crippen LogP contribution < -0.4 is 4.74 Å². The van der Waals surface area contributed by atoms with Crippen molar-refractivity contribution in [3.8, 4) is 5.75 Å². The van der Waals surface area contributed by atoms with Crippen LogP contribution in [0.2, 0.25) is 0 Å². The second-order valence-corrected chi connectivity index (χ2v) is 4.53. The molecule has 1 nitrogen and oxygen atoms in total. The van der Waals surface area contributed by atoms with Gasteiger partial charge in [-0.15, -0.1) is 11.6 Å². The molecule has 0 aliphatic rings. The minimum Gasteiger partial charge on any atom is -0.496 e. The molecule has 94 valence electrons. The first-order valence-electron chi connectivity index (χ1n) is 5.72. The van der Waals surface area contributed by atoms with Gasteiger partial charge < -0.3 is 4.74 Å². The Kier molecular flexibility index (Phi) is 4.21. The van der Waals surface area contributed by atoms with Gasteiger partial charge in [0.05, 0.1) is 12.5 Å². The molecule has 0 saturated heterocycles. The van der Waals surface area contributed by atoms with E-state index < -0.39 is 0 Å². The lowest BCUT2D eigenvalue weighted by molar-refractivity contribution is 0.409. The lowest BCUT2D eigenvalue weighted by Crippen LogP contribution is -2.00. The van der Waals surface area contributed by atoms with E-state index in [0.717, 1.165) is 11.3 Å². The highest BCUT2D eigenvalue weighted by molar-refractivity contribution is 6.21. The van der Waals surface area contributed by atoms with Gasteiger partial charge >= 0.3 is 0 Å². The van der Waals surface area contributed by atoms with Gasteiger partial charge in [0.25, 0.3) is 0 Å². The molecule has 0 aromatic heterocycles. The molecule has 0 fully saturated rings. The Morgan fingerprint density at radius 1 is 1.11 bits per heavy atom. The zero-order valence-corrected chi connectivity index (χ0v) is 10.8. The lowest BCUT2D eigenvalue weighted by atomic mass is 10.0. The Balaban J connectivity index is 2.22. The first kappa shape index (κ1) is 12.9. The maximum absolute atomic E-state index is 13.6. The Bertz CT molecular complexity index is 527. The number of benzene rings is 2. The molecule has 0 radical (unpaired) electrons. The molecule has 0 aliphatic carbocycles. The molecule has 2 aromatic carbocycles. The first-order valence-corrected chi connectivity index (χ1v) is 6.16. The molecule has 3 heteroatoms. The van der Waals surface area contributed by atoms with E-state index in [9.17, 15) is 4.39 Å². The Labute approximate surface area is 111 Å². The standard InChI is InChI=1S/C15H14ClFO/c1-18-15-9-5-3-7-12(15)13(16)10-11-6-2-4-8-14(11)17/h2-9,13H,10H2,1H3. The van der Waals surface area contributed by atoms with Crippen LogP contribution in [-0.2, 0) is 6.42 Å². The molecule has 18 heavy (non-hydrogen) atoms. The van der Waals surface area contributed by atoms with E-state index in [1.807, 2.05) is 30.3 Å². The first-order chi connectivity index (χ1) is 8.72. The fraction of sp³-hybridized carbons (Fsp3) is 0.200. The Morgan fingerprint density at radius 3 is 2.50 bits per heavy atom. The van der Waals surface area contributed by atoms with E-state index in [4.69, 9.17) is 16.3 Å². The summed E-state index contributed by atoms with van der Waals surface area (Å²) < 4.78 is 18.8. The number of halogens is 2. The van der Waals surface area contributed by atoms with Gasteiger partial charge in [-0.1, -0.05) is 36.4 Å². The van der Waals surface area contributed by atoms with Crippen LogP contribution in [0.25, 0.3) is 0 Å². The molecule has 0 N–H and O–H groups in total. The molecule has 0 aliphatic heterocycles. The third-order valence-electron chi connectivity index (χ3n) is 2.83. The molecule has 2 aromatic rings. The van der Waals surface area contributed by atoms with Crippen LogP contribution in [0.1, 0.15) is 16.5 Å². The minimum atomic E-state index is -0.307. The average Bonchev–Trinajstić information content (AvgIpc) is 2.41. The van der Waals surface area contributed by atoms with E-state index >= 15 is 0 Å². The molecule has 1 unspecified atom stereocenters. The van der Waals surface area contributed by atoms with Crippen LogP contribution in [0, 0.1) is 5.82 Å². The maximum atomic E-state index is 13.6. The van der Waals surface area contributed by atoms with Crippen molar-refractivity contribution < 1.29 is 9.13 Å². The SMILES string of the molecule is COc1ccccc1C(Cl)Cc1ccccc1F. The van der Waals surface area contributed by atoms with E-state index in [1.165, 1.54) is 6.07 Å². The fourth-order valence-corrected chi connectivity index (χ4v) is 2.24. The van der Waals surface area contributed by atoms with Crippen molar-refractivity contribution in [1.29, 1.82) is 0 Å². The maximum Gasteiger partial charge on any atom is 0.126 e. The van der Waals surface area contributed by atoms with E-state index in [1.54, 1.807) is 19.2 Å². The van der Waals surface area contributed by atoms with Crippen LogP contribution in [0.5, 0.6) is 5.75 Å². The van der Waals surface area contributed by atoms with E-state index in [-0.39, 0.29) is 11.2 Å². The normalized spacial score (nSPS) is 12.2. The van der Waals surface area contributed by atoms with Crippen LogP contribution in [0.4, 0.5) is 4.39 Å². The van der Waals surface area contributed by atoms with Gasteiger partial charge in [-0.2, -0.15) is 0 Å². The number of methoxy groups -OCH3 is 1. The summed E-state index contributed by atoms with van der Waals surface area (Å²) in [6.07, 6.45) is 0.439. The zero-order valence-electron chi connectivity index (χ0n) is 10.1. The fourth-order valence-electron chi connectivity index (χ4n) is 1.89. The molecule has 2 rings (SSSR count). The predicted octanol–water partition coefficient (Wildman–Crippen LogP) is 4.36. The van der Waals surface area contributed by atoms with Crippen molar-refractivity contribution >= 4 is 11.6 Å². The van der Waals surface area contributed by atoms with Gasteiger partial charge in [0.15, 0.2) is 0 Å². The molecule has 1 atom stereocenters. The Morgan fingerprint density at radius 2 is 1.78 bits per heavy atom. The monoisotopic (exact) mass is 264 g/mol. The summed E-state index contributed by atoms with van der Waals surface area (Å²) in [5, 5.41) is -0.307. The number of para-hydroxylation sites is 1. The predicted molar refractivity (Wildman–Crippen MR) is 71.7 cm³/mol. The van der Waals surface area contributed by atoms with Crippen LogP contribution in [-0.4, -0.2) is 7.11 Å². The third kappa shape index (κ3) is 2.82. The molecule has 0 saturated carbocycles. The number of hydrogen-bond donors (Lipinski definition) is 0. The largest absolute Gasteiger partial charge is 0.496 e. The van der Waals surface area contributed by atoms with Crippen molar-refractivity contribution in [3.63, 3.8) is 0 Å².